The molecule has 2 fully saturated rings. The van der Waals surface area contributed by atoms with Crippen molar-refractivity contribution in [3.05, 3.63) is 35.9 Å². The second kappa shape index (κ2) is 6.76. The van der Waals surface area contributed by atoms with Crippen molar-refractivity contribution in [2.45, 2.75) is 56.8 Å². The third-order valence-electron chi connectivity index (χ3n) is 6.28. The van der Waals surface area contributed by atoms with Gasteiger partial charge in [0.15, 0.2) is 5.78 Å². The first-order valence-corrected chi connectivity index (χ1v) is 9.43. The van der Waals surface area contributed by atoms with Crippen LogP contribution >= 0.6 is 0 Å². The Balaban J connectivity index is 1.81. The van der Waals surface area contributed by atoms with Gasteiger partial charge in [0.1, 0.15) is 6.54 Å². The molecule has 1 aliphatic heterocycles. The molecule has 1 saturated carbocycles. The Hall–Kier alpha value is -1.15. The Morgan fingerprint density at radius 2 is 1.78 bits per heavy atom. The van der Waals surface area contributed by atoms with Crippen LogP contribution in [0.15, 0.2) is 30.3 Å². The van der Waals surface area contributed by atoms with Gasteiger partial charge >= 0.3 is 0 Å². The van der Waals surface area contributed by atoms with E-state index in [-0.39, 0.29) is 5.41 Å². The van der Waals surface area contributed by atoms with Crippen molar-refractivity contribution < 1.29 is 9.28 Å². The summed E-state index contributed by atoms with van der Waals surface area (Å²) >= 11 is 0. The van der Waals surface area contributed by atoms with Crippen LogP contribution in [0.25, 0.3) is 0 Å². The first kappa shape index (κ1) is 16.7. The molecule has 2 aliphatic rings. The lowest BCUT2D eigenvalue weighted by atomic mass is 9.67. The summed E-state index contributed by atoms with van der Waals surface area (Å²) in [6.45, 7) is 1.78. The summed E-state index contributed by atoms with van der Waals surface area (Å²) in [6, 6.07) is 10.6. The van der Waals surface area contributed by atoms with Crippen LogP contribution in [-0.4, -0.2) is 37.5 Å². The molecule has 1 aromatic carbocycles. The number of benzene rings is 1. The fraction of sp³-hybridized carbons (Fsp3) is 0.667. The highest BCUT2D eigenvalue weighted by Gasteiger charge is 2.47. The smallest absolute Gasteiger partial charge is 0.197 e. The number of hydrogen-bond donors (Lipinski definition) is 0. The molecule has 1 atom stereocenters. The van der Waals surface area contributed by atoms with Crippen LogP contribution in [0.5, 0.6) is 0 Å². The standard InChI is InChI=1S/C21H32NO/c1-22(2)16-15-21(20(23)17-22,19-11-7-4-8-12-19)14-13-18-9-5-3-6-10-18/h4,7-8,11-12,18H,3,5-6,9-10,13-17H2,1-2H3/q+1/t21-/m0/s1. The van der Waals surface area contributed by atoms with E-state index >= 15 is 0 Å². The van der Waals surface area contributed by atoms with Gasteiger partial charge in [-0.25, -0.2) is 0 Å². The summed E-state index contributed by atoms with van der Waals surface area (Å²) in [7, 11) is 4.38. The largest absolute Gasteiger partial charge is 0.322 e. The normalized spacial score (nSPS) is 28.7. The highest BCUT2D eigenvalue weighted by atomic mass is 16.1. The number of Topliss-reactive ketones (excluding diaryl/α,β-unsaturated/α-hetero) is 1. The van der Waals surface area contributed by atoms with E-state index in [1.165, 1.54) is 44.1 Å². The van der Waals surface area contributed by atoms with Crippen molar-refractivity contribution in [1.82, 2.24) is 0 Å². The molecule has 0 aromatic heterocycles. The zero-order valence-electron chi connectivity index (χ0n) is 14.9. The summed E-state index contributed by atoms with van der Waals surface area (Å²) in [5.41, 5.74) is 1.05. The second-order valence-electron chi connectivity index (χ2n) is 8.48. The van der Waals surface area contributed by atoms with Crippen LogP contribution in [-0.2, 0) is 10.2 Å². The Morgan fingerprint density at radius 3 is 2.43 bits per heavy atom. The molecule has 2 heteroatoms. The maximum absolute atomic E-state index is 13.2. The first-order valence-electron chi connectivity index (χ1n) is 9.43. The zero-order chi connectivity index (χ0) is 16.3. The lowest BCUT2D eigenvalue weighted by Gasteiger charge is -2.44. The average Bonchev–Trinajstić information content (AvgIpc) is 2.56. The summed E-state index contributed by atoms with van der Waals surface area (Å²) < 4.78 is 0.844. The summed E-state index contributed by atoms with van der Waals surface area (Å²) in [5.74, 6) is 1.32. The summed E-state index contributed by atoms with van der Waals surface area (Å²) in [6.07, 6.45) is 10.2. The number of ketones is 1. The van der Waals surface area contributed by atoms with Crippen molar-refractivity contribution in [2.24, 2.45) is 5.92 Å². The number of likely N-dealkylation sites (tertiary alicyclic amines) is 1. The molecule has 0 spiro atoms. The van der Waals surface area contributed by atoms with Crippen LogP contribution in [0.4, 0.5) is 0 Å². The van der Waals surface area contributed by atoms with Gasteiger partial charge < -0.3 is 4.48 Å². The fourth-order valence-corrected chi connectivity index (χ4v) is 4.65. The van der Waals surface area contributed by atoms with Gasteiger partial charge in [-0.2, -0.15) is 0 Å². The molecule has 0 radical (unpaired) electrons. The number of nitrogens with zero attached hydrogens (tertiary/aromatic N) is 1. The molecule has 1 saturated heterocycles. The predicted octanol–water partition coefficient (Wildman–Crippen LogP) is 4.33. The van der Waals surface area contributed by atoms with E-state index in [4.69, 9.17) is 0 Å². The first-order chi connectivity index (χ1) is 11.0. The number of piperidine rings is 1. The van der Waals surface area contributed by atoms with Crippen molar-refractivity contribution in [1.29, 1.82) is 0 Å². The van der Waals surface area contributed by atoms with E-state index in [1.807, 2.05) is 0 Å². The molecule has 126 valence electrons. The van der Waals surface area contributed by atoms with Gasteiger partial charge in [0.25, 0.3) is 0 Å². The third kappa shape index (κ3) is 3.68. The third-order valence-corrected chi connectivity index (χ3v) is 6.28. The SMILES string of the molecule is C[N+]1(C)CC[C@@](CCC2CCCCC2)(c2ccccc2)C(=O)C1. The molecule has 3 rings (SSSR count). The van der Waals surface area contributed by atoms with Crippen LogP contribution in [0.1, 0.15) is 56.9 Å². The molecule has 0 amide bonds. The van der Waals surface area contributed by atoms with Crippen LogP contribution in [0.2, 0.25) is 0 Å². The average molecular weight is 314 g/mol. The Kier molecular flexibility index (Phi) is 4.91. The maximum atomic E-state index is 13.2. The van der Waals surface area contributed by atoms with Crippen molar-refractivity contribution in [2.75, 3.05) is 27.2 Å². The van der Waals surface area contributed by atoms with Crippen molar-refractivity contribution >= 4 is 5.78 Å². The molecule has 0 bridgehead atoms. The number of carbonyl (C=O) groups excluding carboxylic acids is 1. The van der Waals surface area contributed by atoms with Crippen molar-refractivity contribution in [3.8, 4) is 0 Å². The molecule has 1 aromatic rings. The Labute approximate surface area is 141 Å². The Bertz CT molecular complexity index is 530. The number of rotatable bonds is 4. The summed E-state index contributed by atoms with van der Waals surface area (Å²) in [5, 5.41) is 0. The van der Waals surface area contributed by atoms with Gasteiger partial charge in [-0.05, 0) is 24.3 Å². The van der Waals surface area contributed by atoms with Crippen LogP contribution in [0, 0.1) is 5.92 Å². The minimum Gasteiger partial charge on any atom is -0.322 e. The number of carbonyl (C=O) groups is 1. The maximum Gasteiger partial charge on any atom is 0.197 e. The zero-order valence-corrected chi connectivity index (χ0v) is 14.9. The minimum atomic E-state index is -0.216. The van der Waals surface area contributed by atoms with E-state index in [2.05, 4.69) is 44.4 Å². The van der Waals surface area contributed by atoms with E-state index < -0.39 is 0 Å². The molecule has 0 N–H and O–H groups in total. The lowest BCUT2D eigenvalue weighted by molar-refractivity contribution is -0.886. The number of likely N-dealkylation sites (N-methyl/N-ethyl adjacent to an activating group) is 1. The van der Waals surface area contributed by atoms with E-state index in [1.54, 1.807) is 0 Å². The quantitative estimate of drug-likeness (QED) is 0.756. The van der Waals surface area contributed by atoms with Crippen LogP contribution in [0.3, 0.4) is 0 Å². The molecular formula is C21H32NO+. The van der Waals surface area contributed by atoms with Gasteiger partial charge in [-0.3, -0.25) is 4.79 Å². The van der Waals surface area contributed by atoms with Gasteiger partial charge in [0.2, 0.25) is 0 Å². The molecule has 1 heterocycles. The molecular weight excluding hydrogens is 282 g/mol. The van der Waals surface area contributed by atoms with Gasteiger partial charge in [-0.15, -0.1) is 0 Å². The highest BCUT2D eigenvalue weighted by Crippen LogP contribution is 2.41. The van der Waals surface area contributed by atoms with Gasteiger partial charge in [0, 0.05) is 6.42 Å². The van der Waals surface area contributed by atoms with Crippen LogP contribution < -0.4 is 0 Å². The fourth-order valence-electron chi connectivity index (χ4n) is 4.65. The minimum absolute atomic E-state index is 0.216. The molecule has 0 unspecified atom stereocenters. The highest BCUT2D eigenvalue weighted by molar-refractivity contribution is 5.91. The van der Waals surface area contributed by atoms with E-state index in [0.717, 1.165) is 29.8 Å². The van der Waals surface area contributed by atoms with E-state index in [9.17, 15) is 4.79 Å². The predicted molar refractivity (Wildman–Crippen MR) is 95.4 cm³/mol. The Morgan fingerprint density at radius 1 is 1.09 bits per heavy atom. The summed E-state index contributed by atoms with van der Waals surface area (Å²) in [4.78, 5) is 13.2. The molecule has 1 aliphatic carbocycles. The molecule has 23 heavy (non-hydrogen) atoms. The van der Waals surface area contributed by atoms with Gasteiger partial charge in [0.05, 0.1) is 26.1 Å². The topological polar surface area (TPSA) is 17.1 Å². The van der Waals surface area contributed by atoms with E-state index in [0.29, 0.717) is 12.3 Å². The van der Waals surface area contributed by atoms with Crippen molar-refractivity contribution in [3.63, 3.8) is 0 Å². The number of hydrogen-bond acceptors (Lipinski definition) is 1. The lowest BCUT2D eigenvalue weighted by Crippen LogP contribution is -2.57. The number of quaternary nitrogens is 1. The van der Waals surface area contributed by atoms with Gasteiger partial charge in [-0.1, -0.05) is 62.4 Å². The molecule has 2 nitrogen and oxygen atoms in total. The monoisotopic (exact) mass is 314 g/mol. The second-order valence-corrected chi connectivity index (χ2v) is 8.48.